The number of rotatable bonds is 7. The van der Waals surface area contributed by atoms with Crippen LogP contribution in [-0.2, 0) is 11.3 Å². The molecule has 0 fully saturated rings. The summed E-state index contributed by atoms with van der Waals surface area (Å²) in [5.74, 6) is 2.62. The first kappa shape index (κ1) is 16.8. The summed E-state index contributed by atoms with van der Waals surface area (Å²) >= 11 is 1.25. The van der Waals surface area contributed by atoms with Crippen LogP contribution in [0.4, 0.5) is 4.39 Å². The van der Waals surface area contributed by atoms with Gasteiger partial charge in [-0.1, -0.05) is 23.8 Å². The fourth-order valence-corrected chi connectivity index (χ4v) is 2.61. The Bertz CT molecular complexity index is 734. The van der Waals surface area contributed by atoms with Gasteiger partial charge in [-0.05, 0) is 24.3 Å². The van der Waals surface area contributed by atoms with Crippen LogP contribution in [0.2, 0.25) is 0 Å². The molecule has 23 heavy (non-hydrogen) atoms. The lowest BCUT2D eigenvalue weighted by atomic mass is 10.2. The Morgan fingerprint density at radius 1 is 1.43 bits per heavy atom. The molecule has 1 aromatic carbocycles. The second-order valence-electron chi connectivity index (χ2n) is 4.48. The molecule has 7 heteroatoms. The molecule has 0 saturated heterocycles. The molecular weight excluding hydrogens is 315 g/mol. The molecule has 0 saturated carbocycles. The van der Waals surface area contributed by atoms with E-state index in [0.717, 1.165) is 5.56 Å². The minimum Gasteiger partial charge on any atom is -0.344 e. The lowest BCUT2D eigenvalue weighted by Crippen LogP contribution is -2.25. The number of nitrogens with zero attached hydrogens (tertiary/aromatic N) is 3. The third-order valence-corrected chi connectivity index (χ3v) is 3.82. The molecule has 1 amide bonds. The van der Waals surface area contributed by atoms with Gasteiger partial charge in [0.25, 0.3) is 0 Å². The zero-order chi connectivity index (χ0) is 16.7. The summed E-state index contributed by atoms with van der Waals surface area (Å²) in [7, 11) is 0. The summed E-state index contributed by atoms with van der Waals surface area (Å²) < 4.78 is 14.9. The van der Waals surface area contributed by atoms with E-state index in [9.17, 15) is 9.18 Å². The first-order valence-electron chi connectivity index (χ1n) is 6.78. The maximum Gasteiger partial charge on any atom is 0.231 e. The van der Waals surface area contributed by atoms with E-state index in [2.05, 4.69) is 28.0 Å². The van der Waals surface area contributed by atoms with Crippen LogP contribution in [0.5, 0.6) is 0 Å². The lowest BCUT2D eigenvalue weighted by Gasteiger charge is -2.07. The van der Waals surface area contributed by atoms with Crippen molar-refractivity contribution in [3.63, 3.8) is 0 Å². The summed E-state index contributed by atoms with van der Waals surface area (Å²) in [5, 5.41) is 11.4. The van der Waals surface area contributed by atoms with Crippen LogP contribution in [0.1, 0.15) is 0 Å². The fourth-order valence-electron chi connectivity index (χ4n) is 1.83. The van der Waals surface area contributed by atoms with Gasteiger partial charge in [-0.15, -0.1) is 23.2 Å². The number of thioether (sulfide) groups is 1. The molecule has 2 aromatic rings. The van der Waals surface area contributed by atoms with Gasteiger partial charge >= 0.3 is 0 Å². The lowest BCUT2D eigenvalue weighted by molar-refractivity contribution is -0.118. The maximum absolute atomic E-state index is 13.0. The average molecular weight is 330 g/mol. The van der Waals surface area contributed by atoms with E-state index in [1.54, 1.807) is 18.2 Å². The van der Waals surface area contributed by atoms with Crippen LogP contribution >= 0.6 is 11.8 Å². The van der Waals surface area contributed by atoms with Crippen molar-refractivity contribution in [3.05, 3.63) is 42.7 Å². The number of terminal acetylenes is 1. The highest BCUT2D eigenvalue weighted by atomic mass is 32.2. The Labute approximate surface area is 138 Å². The second-order valence-corrected chi connectivity index (χ2v) is 5.42. The van der Waals surface area contributed by atoms with Crippen molar-refractivity contribution in [2.75, 3.05) is 12.3 Å². The first-order valence-corrected chi connectivity index (χ1v) is 7.77. The number of hydrogen-bond donors (Lipinski definition) is 1. The highest BCUT2D eigenvalue weighted by Crippen LogP contribution is 2.24. The number of carbonyl (C=O) groups is 1. The van der Waals surface area contributed by atoms with E-state index in [1.165, 1.54) is 23.9 Å². The molecule has 1 aromatic heterocycles. The predicted octanol–water partition coefficient (Wildman–Crippen LogP) is 2.11. The Morgan fingerprint density at radius 2 is 2.17 bits per heavy atom. The van der Waals surface area contributed by atoms with Crippen LogP contribution in [-0.4, -0.2) is 33.0 Å². The van der Waals surface area contributed by atoms with Crippen molar-refractivity contribution in [2.24, 2.45) is 0 Å². The van der Waals surface area contributed by atoms with Crippen molar-refractivity contribution >= 4 is 17.7 Å². The van der Waals surface area contributed by atoms with Gasteiger partial charge in [0.15, 0.2) is 11.0 Å². The van der Waals surface area contributed by atoms with Crippen LogP contribution in [0.15, 0.2) is 42.1 Å². The van der Waals surface area contributed by atoms with Crippen molar-refractivity contribution in [1.29, 1.82) is 0 Å². The van der Waals surface area contributed by atoms with Crippen LogP contribution in [0.3, 0.4) is 0 Å². The van der Waals surface area contributed by atoms with Crippen molar-refractivity contribution < 1.29 is 9.18 Å². The molecule has 0 aliphatic rings. The van der Waals surface area contributed by atoms with Crippen molar-refractivity contribution in [3.8, 4) is 23.7 Å². The Morgan fingerprint density at radius 3 is 2.83 bits per heavy atom. The number of allylic oxidation sites excluding steroid dienone is 1. The summed E-state index contributed by atoms with van der Waals surface area (Å²) in [6, 6.07) is 5.99. The molecule has 1 N–H and O–H groups in total. The third kappa shape index (κ3) is 4.44. The topological polar surface area (TPSA) is 59.8 Å². The zero-order valence-electron chi connectivity index (χ0n) is 12.3. The van der Waals surface area contributed by atoms with Gasteiger partial charge in [-0.25, -0.2) is 4.39 Å². The standard InChI is InChI=1S/C16H15FN4OS/c1-3-9-18-14(22)11-23-16-20-19-15(21(16)10-4-2)12-5-7-13(17)8-6-12/h1,4-8H,2,9-11H2,(H,18,22). The monoisotopic (exact) mass is 330 g/mol. The normalized spacial score (nSPS) is 10.1. The minimum atomic E-state index is -0.316. The summed E-state index contributed by atoms with van der Waals surface area (Å²) in [6.45, 7) is 4.39. The first-order chi connectivity index (χ1) is 11.2. The molecule has 0 radical (unpaired) electrons. The average Bonchev–Trinajstić information content (AvgIpc) is 2.95. The molecule has 118 valence electrons. The Hall–Kier alpha value is -2.59. The molecule has 0 spiro atoms. The van der Waals surface area contributed by atoms with E-state index >= 15 is 0 Å². The Balaban J connectivity index is 2.18. The largest absolute Gasteiger partial charge is 0.344 e. The van der Waals surface area contributed by atoms with E-state index in [1.807, 2.05) is 4.57 Å². The van der Waals surface area contributed by atoms with Gasteiger partial charge in [0, 0.05) is 12.1 Å². The van der Waals surface area contributed by atoms with E-state index in [0.29, 0.717) is 17.5 Å². The molecule has 0 atom stereocenters. The number of carbonyl (C=O) groups excluding carboxylic acids is 1. The van der Waals surface area contributed by atoms with Gasteiger partial charge in [0.2, 0.25) is 5.91 Å². The van der Waals surface area contributed by atoms with Gasteiger partial charge in [0.1, 0.15) is 5.82 Å². The van der Waals surface area contributed by atoms with Gasteiger partial charge < -0.3 is 5.32 Å². The Kier molecular flexibility index (Phi) is 5.94. The number of hydrogen-bond acceptors (Lipinski definition) is 4. The van der Waals surface area contributed by atoms with Crippen LogP contribution in [0, 0.1) is 18.2 Å². The molecule has 0 bridgehead atoms. The molecule has 1 heterocycles. The van der Waals surface area contributed by atoms with Crippen LogP contribution < -0.4 is 5.32 Å². The second kappa shape index (κ2) is 8.15. The molecule has 5 nitrogen and oxygen atoms in total. The van der Waals surface area contributed by atoms with Gasteiger partial charge in [-0.3, -0.25) is 9.36 Å². The smallest absolute Gasteiger partial charge is 0.231 e. The molecule has 0 unspecified atom stereocenters. The number of aromatic nitrogens is 3. The van der Waals surface area contributed by atoms with E-state index < -0.39 is 0 Å². The quantitative estimate of drug-likeness (QED) is 0.480. The van der Waals surface area contributed by atoms with Crippen molar-refractivity contribution in [1.82, 2.24) is 20.1 Å². The van der Waals surface area contributed by atoms with Gasteiger partial charge in [-0.2, -0.15) is 0 Å². The van der Waals surface area contributed by atoms with Crippen LogP contribution in [0.25, 0.3) is 11.4 Å². The number of halogens is 1. The summed E-state index contributed by atoms with van der Waals surface area (Å²) in [6.07, 6.45) is 6.80. The zero-order valence-corrected chi connectivity index (χ0v) is 13.1. The molecule has 0 aliphatic carbocycles. The maximum atomic E-state index is 13.0. The van der Waals surface area contributed by atoms with Crippen molar-refractivity contribution in [2.45, 2.75) is 11.7 Å². The molecule has 2 rings (SSSR count). The van der Waals surface area contributed by atoms with E-state index in [-0.39, 0.29) is 24.0 Å². The highest BCUT2D eigenvalue weighted by Gasteiger charge is 2.14. The summed E-state index contributed by atoms with van der Waals surface area (Å²) in [5.41, 5.74) is 0.740. The minimum absolute atomic E-state index is 0.176. The van der Waals surface area contributed by atoms with E-state index in [4.69, 9.17) is 6.42 Å². The number of amides is 1. The molecular formula is C16H15FN4OS. The highest BCUT2D eigenvalue weighted by molar-refractivity contribution is 7.99. The number of nitrogens with one attached hydrogen (secondary N) is 1. The number of benzene rings is 1. The van der Waals surface area contributed by atoms with Gasteiger partial charge in [0.05, 0.1) is 12.3 Å². The summed E-state index contributed by atoms with van der Waals surface area (Å²) in [4.78, 5) is 11.6. The fraction of sp³-hybridized carbons (Fsp3) is 0.188. The third-order valence-electron chi connectivity index (χ3n) is 2.85. The SMILES string of the molecule is C#CCNC(=O)CSc1nnc(-c2ccc(F)cc2)n1CC=C. The predicted molar refractivity (Wildman–Crippen MR) is 88.2 cm³/mol. The molecule has 0 aliphatic heterocycles.